The van der Waals surface area contributed by atoms with E-state index >= 15 is 0 Å². The van der Waals surface area contributed by atoms with E-state index in [0.29, 0.717) is 24.6 Å². The molecule has 1 saturated heterocycles. The monoisotopic (exact) mass is 367 g/mol. The molecule has 144 valence electrons. The van der Waals surface area contributed by atoms with Crippen molar-refractivity contribution >= 4 is 5.82 Å². The maximum absolute atomic E-state index is 5.96. The van der Waals surface area contributed by atoms with Gasteiger partial charge >= 0.3 is 0 Å². The number of ether oxygens (including phenoxy) is 1. The number of aromatic nitrogens is 2. The molecule has 6 nitrogen and oxygen atoms in total. The number of nitrogens with two attached hydrogens (primary N) is 1. The molecule has 4 rings (SSSR count). The standard InChI is InChI=1S/C21H29N5O/c1-27-14-21-24-19(16-9-17(22)10-16)11-20(25-21)23-18-7-8-26(13-18)12-15-5-3-2-4-6-15/h2-6,11,16-18H,7-10,12-14,22H2,1H3,(H,23,24,25)/t16?,17?,18-/m0/s1. The van der Waals surface area contributed by atoms with E-state index in [1.165, 1.54) is 5.56 Å². The molecule has 0 amide bonds. The fourth-order valence-corrected chi connectivity index (χ4v) is 4.04. The summed E-state index contributed by atoms with van der Waals surface area (Å²) in [4.78, 5) is 11.8. The molecule has 2 aliphatic rings. The van der Waals surface area contributed by atoms with Crippen LogP contribution in [0, 0.1) is 0 Å². The minimum atomic E-state index is 0.314. The van der Waals surface area contributed by atoms with E-state index in [4.69, 9.17) is 10.5 Å². The van der Waals surface area contributed by atoms with Gasteiger partial charge in [0.25, 0.3) is 0 Å². The summed E-state index contributed by atoms with van der Waals surface area (Å²) < 4.78 is 5.26. The summed E-state index contributed by atoms with van der Waals surface area (Å²) in [7, 11) is 1.68. The molecule has 0 unspecified atom stereocenters. The summed E-state index contributed by atoms with van der Waals surface area (Å²) in [5.41, 5.74) is 8.43. The number of hydrogen-bond donors (Lipinski definition) is 2. The fourth-order valence-electron chi connectivity index (χ4n) is 4.04. The number of benzene rings is 1. The van der Waals surface area contributed by atoms with Crippen molar-refractivity contribution in [3.63, 3.8) is 0 Å². The van der Waals surface area contributed by atoms with Gasteiger partial charge in [-0.25, -0.2) is 9.97 Å². The van der Waals surface area contributed by atoms with Gasteiger partial charge in [0, 0.05) is 56.5 Å². The SMILES string of the molecule is COCc1nc(N[C@H]2CCN(Cc3ccccc3)C2)cc(C2CC(N)C2)n1. The van der Waals surface area contributed by atoms with Crippen LogP contribution in [0.5, 0.6) is 0 Å². The van der Waals surface area contributed by atoms with Crippen LogP contribution in [-0.4, -0.2) is 47.2 Å². The second-order valence-corrected chi connectivity index (χ2v) is 7.81. The normalized spacial score (nSPS) is 25.3. The van der Waals surface area contributed by atoms with E-state index in [-0.39, 0.29) is 0 Å². The van der Waals surface area contributed by atoms with Crippen molar-refractivity contribution in [1.29, 1.82) is 0 Å². The maximum atomic E-state index is 5.96. The van der Waals surface area contributed by atoms with Crippen molar-refractivity contribution in [2.75, 3.05) is 25.5 Å². The Balaban J connectivity index is 1.39. The molecule has 3 N–H and O–H groups in total. The van der Waals surface area contributed by atoms with Crippen molar-refractivity contribution < 1.29 is 4.74 Å². The van der Waals surface area contributed by atoms with Crippen molar-refractivity contribution in [3.8, 4) is 0 Å². The summed E-state index contributed by atoms with van der Waals surface area (Å²) in [6.07, 6.45) is 3.15. The average molecular weight is 367 g/mol. The molecule has 2 fully saturated rings. The Morgan fingerprint density at radius 1 is 1.22 bits per heavy atom. The summed E-state index contributed by atoms with van der Waals surface area (Å²) >= 11 is 0. The van der Waals surface area contributed by atoms with Gasteiger partial charge in [-0.05, 0) is 24.8 Å². The Kier molecular flexibility index (Phi) is 5.66. The largest absolute Gasteiger partial charge is 0.377 e. The van der Waals surface area contributed by atoms with Crippen LogP contribution in [0.2, 0.25) is 0 Å². The summed E-state index contributed by atoms with van der Waals surface area (Å²) in [6.45, 7) is 3.57. The fraction of sp³-hybridized carbons (Fsp3) is 0.524. The molecule has 1 aromatic carbocycles. The number of likely N-dealkylation sites (tertiary alicyclic amines) is 1. The van der Waals surface area contributed by atoms with Crippen LogP contribution in [-0.2, 0) is 17.9 Å². The Bertz CT molecular complexity index is 747. The predicted molar refractivity (Wildman–Crippen MR) is 106 cm³/mol. The Hall–Kier alpha value is -2.02. The molecule has 0 bridgehead atoms. The third-order valence-electron chi connectivity index (χ3n) is 5.53. The van der Waals surface area contributed by atoms with Crippen LogP contribution in [0.1, 0.15) is 42.3 Å². The third-order valence-corrected chi connectivity index (χ3v) is 5.53. The van der Waals surface area contributed by atoms with E-state index in [9.17, 15) is 0 Å². The molecule has 6 heteroatoms. The number of nitrogens with zero attached hydrogens (tertiary/aromatic N) is 3. The number of anilines is 1. The van der Waals surface area contributed by atoms with Crippen LogP contribution >= 0.6 is 0 Å². The highest BCUT2D eigenvalue weighted by Gasteiger charge is 2.30. The Morgan fingerprint density at radius 2 is 2.04 bits per heavy atom. The van der Waals surface area contributed by atoms with Crippen molar-refractivity contribution in [2.24, 2.45) is 5.73 Å². The Morgan fingerprint density at radius 3 is 2.78 bits per heavy atom. The zero-order valence-electron chi connectivity index (χ0n) is 16.0. The highest BCUT2D eigenvalue weighted by Crippen LogP contribution is 2.35. The Labute approximate surface area is 161 Å². The van der Waals surface area contributed by atoms with Gasteiger partial charge < -0.3 is 15.8 Å². The average Bonchev–Trinajstić information content (AvgIpc) is 3.07. The van der Waals surface area contributed by atoms with E-state index in [1.807, 2.05) is 0 Å². The van der Waals surface area contributed by atoms with Crippen molar-refractivity contribution in [2.45, 2.75) is 50.4 Å². The molecule has 0 spiro atoms. The van der Waals surface area contributed by atoms with Gasteiger partial charge in [-0.2, -0.15) is 0 Å². The van der Waals surface area contributed by atoms with Crippen LogP contribution in [0.4, 0.5) is 5.82 Å². The zero-order valence-corrected chi connectivity index (χ0v) is 16.0. The first-order valence-corrected chi connectivity index (χ1v) is 9.85. The molecule has 2 heterocycles. The number of nitrogens with one attached hydrogen (secondary N) is 1. The van der Waals surface area contributed by atoms with E-state index < -0.39 is 0 Å². The summed E-state index contributed by atoms with van der Waals surface area (Å²) in [5, 5.41) is 3.63. The lowest BCUT2D eigenvalue weighted by atomic mass is 9.78. The molecule has 1 saturated carbocycles. The lowest BCUT2D eigenvalue weighted by molar-refractivity contribution is 0.177. The lowest BCUT2D eigenvalue weighted by Crippen LogP contribution is -2.35. The first-order chi connectivity index (χ1) is 13.2. The van der Waals surface area contributed by atoms with Crippen LogP contribution in [0.15, 0.2) is 36.4 Å². The molecule has 1 aliphatic heterocycles. The molecular formula is C21H29N5O. The summed E-state index contributed by atoms with van der Waals surface area (Å²) in [6, 6.07) is 13.5. The van der Waals surface area contributed by atoms with Gasteiger partial charge in [0.05, 0.1) is 0 Å². The second kappa shape index (κ2) is 8.33. The van der Waals surface area contributed by atoms with Gasteiger partial charge in [-0.1, -0.05) is 30.3 Å². The first-order valence-electron chi connectivity index (χ1n) is 9.85. The number of hydrogen-bond acceptors (Lipinski definition) is 6. The van der Waals surface area contributed by atoms with Crippen LogP contribution < -0.4 is 11.1 Å². The van der Waals surface area contributed by atoms with E-state index in [0.717, 1.165) is 56.2 Å². The quantitative estimate of drug-likeness (QED) is 0.783. The number of methoxy groups -OCH3 is 1. The number of rotatable bonds is 7. The van der Waals surface area contributed by atoms with Gasteiger partial charge in [0.2, 0.25) is 0 Å². The van der Waals surface area contributed by atoms with Crippen molar-refractivity contribution in [1.82, 2.24) is 14.9 Å². The summed E-state index contributed by atoms with van der Waals surface area (Å²) in [5.74, 6) is 2.12. The third kappa shape index (κ3) is 4.64. The van der Waals surface area contributed by atoms with E-state index in [2.05, 4.69) is 56.6 Å². The van der Waals surface area contributed by atoms with Crippen molar-refractivity contribution in [3.05, 3.63) is 53.5 Å². The molecule has 1 aromatic heterocycles. The first kappa shape index (κ1) is 18.3. The highest BCUT2D eigenvalue weighted by molar-refractivity contribution is 5.39. The van der Waals surface area contributed by atoms with Gasteiger partial charge in [0.1, 0.15) is 12.4 Å². The van der Waals surface area contributed by atoms with Gasteiger partial charge in [-0.3, -0.25) is 4.90 Å². The van der Waals surface area contributed by atoms with Gasteiger partial charge in [0.15, 0.2) is 5.82 Å². The topological polar surface area (TPSA) is 76.3 Å². The van der Waals surface area contributed by atoms with Gasteiger partial charge in [-0.15, -0.1) is 0 Å². The highest BCUT2D eigenvalue weighted by atomic mass is 16.5. The molecule has 1 aliphatic carbocycles. The second-order valence-electron chi connectivity index (χ2n) is 7.81. The minimum Gasteiger partial charge on any atom is -0.377 e. The lowest BCUT2D eigenvalue weighted by Gasteiger charge is -2.32. The van der Waals surface area contributed by atoms with Crippen LogP contribution in [0.25, 0.3) is 0 Å². The predicted octanol–water partition coefficient (Wildman–Crippen LogP) is 2.51. The molecule has 0 radical (unpaired) electrons. The molecule has 2 aromatic rings. The smallest absolute Gasteiger partial charge is 0.156 e. The minimum absolute atomic E-state index is 0.314. The molecular weight excluding hydrogens is 338 g/mol. The zero-order chi connectivity index (χ0) is 18.6. The maximum Gasteiger partial charge on any atom is 0.156 e. The molecule has 1 atom stereocenters. The van der Waals surface area contributed by atoms with Crippen LogP contribution in [0.3, 0.4) is 0 Å². The molecule has 27 heavy (non-hydrogen) atoms. The van der Waals surface area contributed by atoms with E-state index in [1.54, 1.807) is 7.11 Å².